The molecular formula is C13H12F15NO3. The first-order chi connectivity index (χ1) is 13.5. The summed E-state index contributed by atoms with van der Waals surface area (Å²) in [7, 11) is 0. The molecule has 0 aliphatic heterocycles. The monoisotopic (exact) mass is 515 g/mol. The molecule has 0 radical (unpaired) electrons. The number of carbonyl (C=O) groups is 1. The zero-order chi connectivity index (χ0) is 26.6. The van der Waals surface area contributed by atoms with Crippen molar-refractivity contribution in [3.8, 4) is 0 Å². The van der Waals surface area contributed by atoms with Gasteiger partial charge in [0.1, 0.15) is 5.60 Å². The summed E-state index contributed by atoms with van der Waals surface area (Å²) >= 11 is 0. The van der Waals surface area contributed by atoms with Gasteiger partial charge in [0.15, 0.2) is 0 Å². The van der Waals surface area contributed by atoms with Crippen molar-refractivity contribution in [2.75, 3.05) is 0 Å². The average molecular weight is 515 g/mol. The van der Waals surface area contributed by atoms with Gasteiger partial charge >= 0.3 is 47.8 Å². The molecule has 1 unspecified atom stereocenters. The molecular weight excluding hydrogens is 503 g/mol. The second-order valence-corrected chi connectivity index (χ2v) is 7.04. The molecule has 2 N–H and O–H groups in total. The number of hydrogen-bond donors (Lipinski definition) is 2. The maximum atomic E-state index is 13.6. The minimum atomic E-state index is -8.49. The molecule has 1 amide bonds. The Morgan fingerprint density at radius 2 is 0.969 bits per heavy atom. The number of alkyl carbamates (subject to hydrolysis) is 1. The summed E-state index contributed by atoms with van der Waals surface area (Å²) in [6.45, 7) is 3.05. The van der Waals surface area contributed by atoms with E-state index in [4.69, 9.17) is 5.11 Å². The molecule has 192 valence electrons. The lowest BCUT2D eigenvalue weighted by Crippen LogP contribution is -2.74. The van der Waals surface area contributed by atoms with Crippen molar-refractivity contribution in [1.29, 1.82) is 0 Å². The second kappa shape index (κ2) is 7.89. The fourth-order valence-electron chi connectivity index (χ4n) is 1.66. The quantitative estimate of drug-likeness (QED) is 0.362. The Morgan fingerprint density at radius 1 is 0.656 bits per heavy atom. The van der Waals surface area contributed by atoms with Crippen molar-refractivity contribution in [2.45, 2.75) is 74.3 Å². The molecule has 0 aromatic rings. The summed E-state index contributed by atoms with van der Waals surface area (Å²) in [6, 6.07) is 0. The minimum absolute atomic E-state index is 0.370. The van der Waals surface area contributed by atoms with Crippen LogP contribution in [0.5, 0.6) is 0 Å². The number of halogens is 15. The predicted molar refractivity (Wildman–Crippen MR) is 71.1 cm³/mol. The Kier molecular flexibility index (Phi) is 7.44. The topological polar surface area (TPSA) is 58.6 Å². The maximum absolute atomic E-state index is 13.6. The van der Waals surface area contributed by atoms with E-state index in [-0.39, 0.29) is 0 Å². The van der Waals surface area contributed by atoms with Crippen LogP contribution < -0.4 is 5.32 Å². The van der Waals surface area contributed by atoms with Crippen LogP contribution in [0, 0.1) is 0 Å². The number of alkyl halides is 15. The van der Waals surface area contributed by atoms with Crippen LogP contribution in [0.4, 0.5) is 70.7 Å². The van der Waals surface area contributed by atoms with E-state index in [1.807, 2.05) is 0 Å². The second-order valence-electron chi connectivity index (χ2n) is 7.04. The van der Waals surface area contributed by atoms with E-state index < -0.39 is 59.6 Å². The third kappa shape index (κ3) is 4.61. The van der Waals surface area contributed by atoms with E-state index in [0.717, 1.165) is 20.8 Å². The van der Waals surface area contributed by atoms with Crippen molar-refractivity contribution in [1.82, 2.24) is 5.32 Å². The van der Waals surface area contributed by atoms with Crippen molar-refractivity contribution in [3.63, 3.8) is 0 Å². The fraction of sp³-hybridized carbons (Fsp3) is 0.923. The molecule has 0 aromatic heterocycles. The number of amides is 1. The SMILES string of the molecule is CC(C)(C)OC(=O)NC(O)C(F)(F)C(F)(F)C(F)(F)C(F)(F)C(F)(F)C(F)(F)C(F)(F)F. The number of ether oxygens (including phenoxy) is 1. The highest BCUT2D eigenvalue weighted by molar-refractivity contribution is 5.68. The van der Waals surface area contributed by atoms with E-state index in [9.17, 15) is 70.7 Å². The summed E-state index contributed by atoms with van der Waals surface area (Å²) in [4.78, 5) is 11.1. The van der Waals surface area contributed by atoms with Crippen molar-refractivity contribution >= 4 is 6.09 Å². The molecule has 0 fully saturated rings. The highest BCUT2D eigenvalue weighted by Gasteiger charge is 2.93. The van der Waals surface area contributed by atoms with Gasteiger partial charge in [-0.25, -0.2) is 4.79 Å². The van der Waals surface area contributed by atoms with E-state index in [1.165, 1.54) is 0 Å². The Balaban J connectivity index is 6.34. The Labute approximate surface area is 167 Å². The van der Waals surface area contributed by atoms with Crippen LogP contribution in [0.25, 0.3) is 0 Å². The van der Waals surface area contributed by atoms with Gasteiger partial charge in [-0.15, -0.1) is 0 Å². The van der Waals surface area contributed by atoms with Crippen LogP contribution in [0.1, 0.15) is 20.8 Å². The largest absolute Gasteiger partial charge is 0.460 e. The van der Waals surface area contributed by atoms with Gasteiger partial charge in [-0.3, -0.25) is 5.32 Å². The summed E-state index contributed by atoms with van der Waals surface area (Å²) < 4.78 is 199. The molecule has 19 heteroatoms. The fourth-order valence-corrected chi connectivity index (χ4v) is 1.66. The molecule has 0 aliphatic rings. The standard InChI is InChI=1S/C13H12F15NO3/c1-6(2,3)32-5(31)29-4(30)7(14,15)8(16,17)9(18,19)10(20,21)11(22,23)12(24,25)13(26,27)28/h4,30H,1-3H3,(H,29,31). The first-order valence-electron chi connectivity index (χ1n) is 7.53. The summed E-state index contributed by atoms with van der Waals surface area (Å²) in [5, 5.41) is 9.24. The average Bonchev–Trinajstić information content (AvgIpc) is 2.50. The molecule has 0 saturated carbocycles. The molecule has 0 heterocycles. The van der Waals surface area contributed by atoms with E-state index >= 15 is 0 Å². The first kappa shape index (κ1) is 30.2. The maximum Gasteiger partial charge on any atom is 0.460 e. The molecule has 32 heavy (non-hydrogen) atoms. The van der Waals surface area contributed by atoms with Gasteiger partial charge in [0.25, 0.3) is 0 Å². The summed E-state index contributed by atoms with van der Waals surface area (Å²) in [5.74, 6) is -48.4. The number of nitrogens with one attached hydrogen (secondary N) is 1. The number of aliphatic hydroxyl groups excluding tert-OH is 1. The van der Waals surface area contributed by atoms with Gasteiger partial charge in [0, 0.05) is 0 Å². The molecule has 0 saturated heterocycles. The zero-order valence-corrected chi connectivity index (χ0v) is 15.5. The van der Waals surface area contributed by atoms with Crippen molar-refractivity contribution in [2.24, 2.45) is 0 Å². The van der Waals surface area contributed by atoms with Gasteiger partial charge in [-0.1, -0.05) is 0 Å². The smallest absolute Gasteiger partial charge is 0.444 e. The number of aliphatic hydroxyl groups is 1. The van der Waals surface area contributed by atoms with Crippen LogP contribution in [0.3, 0.4) is 0 Å². The minimum Gasteiger partial charge on any atom is -0.444 e. The van der Waals surface area contributed by atoms with Crippen LogP contribution in [0.15, 0.2) is 0 Å². The van der Waals surface area contributed by atoms with Gasteiger partial charge in [0.05, 0.1) is 0 Å². The van der Waals surface area contributed by atoms with E-state index in [0.29, 0.717) is 5.32 Å². The van der Waals surface area contributed by atoms with Crippen molar-refractivity contribution < 1.29 is 80.5 Å². The molecule has 0 bridgehead atoms. The number of hydrogen-bond acceptors (Lipinski definition) is 3. The first-order valence-corrected chi connectivity index (χ1v) is 7.53. The van der Waals surface area contributed by atoms with Crippen LogP contribution in [-0.4, -0.2) is 64.7 Å². The molecule has 0 spiro atoms. The molecule has 0 aromatic carbocycles. The zero-order valence-electron chi connectivity index (χ0n) is 15.5. The Hall–Kier alpha value is -1.82. The van der Waals surface area contributed by atoms with Crippen LogP contribution >= 0.6 is 0 Å². The molecule has 4 nitrogen and oxygen atoms in total. The van der Waals surface area contributed by atoms with Gasteiger partial charge in [-0.2, -0.15) is 65.9 Å². The Bertz CT molecular complexity index is 696. The lowest BCUT2D eigenvalue weighted by Gasteiger charge is -2.42. The summed E-state index contributed by atoms with van der Waals surface area (Å²) in [5.41, 5.74) is -1.61. The van der Waals surface area contributed by atoms with Gasteiger partial charge in [0.2, 0.25) is 6.23 Å². The van der Waals surface area contributed by atoms with Gasteiger partial charge < -0.3 is 9.84 Å². The Morgan fingerprint density at radius 3 is 1.28 bits per heavy atom. The van der Waals surface area contributed by atoms with Crippen LogP contribution in [0.2, 0.25) is 0 Å². The molecule has 0 aliphatic carbocycles. The number of rotatable bonds is 7. The highest BCUT2D eigenvalue weighted by Crippen LogP contribution is 2.62. The summed E-state index contributed by atoms with van der Waals surface area (Å²) in [6.07, 6.45) is -14.6. The third-order valence-corrected chi connectivity index (χ3v) is 3.35. The normalized spacial score (nSPS) is 16.6. The van der Waals surface area contributed by atoms with E-state index in [1.54, 1.807) is 0 Å². The van der Waals surface area contributed by atoms with Gasteiger partial charge in [-0.05, 0) is 20.8 Å². The van der Waals surface area contributed by atoms with E-state index in [2.05, 4.69) is 4.74 Å². The van der Waals surface area contributed by atoms with Crippen LogP contribution in [-0.2, 0) is 4.74 Å². The lowest BCUT2D eigenvalue weighted by molar-refractivity contribution is -0.456. The highest BCUT2D eigenvalue weighted by atomic mass is 19.4. The van der Waals surface area contributed by atoms with Crippen molar-refractivity contribution in [3.05, 3.63) is 0 Å². The lowest BCUT2D eigenvalue weighted by atomic mass is 9.90. The predicted octanol–water partition coefficient (Wildman–Crippen LogP) is 5.20. The molecule has 1 atom stereocenters. The molecule has 0 rings (SSSR count). The number of carbonyl (C=O) groups excluding carboxylic acids is 1. The third-order valence-electron chi connectivity index (χ3n) is 3.35.